The van der Waals surface area contributed by atoms with Gasteiger partial charge < -0.3 is 14.7 Å². The smallest absolute Gasteiger partial charge is 0.290 e. The summed E-state index contributed by atoms with van der Waals surface area (Å²) in [6.45, 7) is 8.94. The number of likely N-dealkylation sites (N-methyl/N-ethyl adjacent to an activating group) is 1. The molecule has 0 heterocycles. The summed E-state index contributed by atoms with van der Waals surface area (Å²) in [5, 5.41) is 6.89. The van der Waals surface area contributed by atoms with Crippen molar-refractivity contribution in [1.29, 1.82) is 0 Å². The van der Waals surface area contributed by atoms with E-state index in [0.29, 0.717) is 5.41 Å². The highest BCUT2D eigenvalue weighted by Gasteiger charge is 2.69. The zero-order valence-electron chi connectivity index (χ0n) is 16.3. The molecule has 3 atom stereocenters. The fraction of sp³-hybridized carbons (Fsp3) is 0.667. The van der Waals surface area contributed by atoms with Crippen LogP contribution in [-0.2, 0) is 15.1 Å². The molecule has 2 fully saturated rings. The largest absolute Gasteiger partial charge is 0.483 e. The van der Waals surface area contributed by atoms with E-state index in [1.807, 2.05) is 0 Å². The zero-order chi connectivity index (χ0) is 18.7. The van der Waals surface area contributed by atoms with E-state index >= 15 is 0 Å². The molecule has 4 heteroatoms. The minimum atomic E-state index is -0.250. The van der Waals surface area contributed by atoms with Crippen LogP contribution in [0.15, 0.2) is 30.3 Å². The first-order valence-electron chi connectivity index (χ1n) is 9.17. The lowest BCUT2D eigenvalue weighted by molar-refractivity contribution is -0.148. The number of carbonyl (C=O) groups is 1. The molecule has 0 radical (unpaired) electrons. The highest BCUT2D eigenvalue weighted by molar-refractivity contribution is 5.33. The summed E-state index contributed by atoms with van der Waals surface area (Å²) in [6.07, 6.45) is 3.81. The molecule has 2 bridgehead atoms. The van der Waals surface area contributed by atoms with Gasteiger partial charge in [0.1, 0.15) is 0 Å². The first-order valence-corrected chi connectivity index (χ1v) is 9.17. The van der Waals surface area contributed by atoms with Crippen molar-refractivity contribution in [1.82, 2.24) is 4.90 Å². The number of ether oxygens (including phenoxy) is 1. The molecule has 0 spiro atoms. The summed E-state index contributed by atoms with van der Waals surface area (Å²) < 4.78 is 6.72. The van der Waals surface area contributed by atoms with Crippen LogP contribution in [0.1, 0.15) is 45.6 Å². The summed E-state index contributed by atoms with van der Waals surface area (Å²) in [5.74, 6) is 0.775. The summed E-state index contributed by atoms with van der Waals surface area (Å²) in [4.78, 5) is 10.6. The molecule has 0 saturated heterocycles. The van der Waals surface area contributed by atoms with E-state index in [0.717, 1.165) is 19.1 Å². The van der Waals surface area contributed by atoms with E-state index in [-0.39, 0.29) is 17.5 Å². The maximum Gasteiger partial charge on any atom is 0.290 e. The van der Waals surface area contributed by atoms with Crippen molar-refractivity contribution in [3.05, 3.63) is 35.9 Å². The van der Waals surface area contributed by atoms with E-state index in [2.05, 4.69) is 70.1 Å². The third-order valence-corrected chi connectivity index (χ3v) is 6.99. The normalized spacial score (nSPS) is 32.3. The second kappa shape index (κ2) is 7.46. The minimum absolute atomic E-state index is 0.114. The number of nitrogens with zero attached hydrogens (tertiary/aromatic N) is 1. The lowest BCUT2D eigenvalue weighted by atomic mass is 9.62. The SMILES string of the molecule is CN(C)CCO[C@]1(c2ccccc2)C[C@H]2CC[C@]1(C)C2(C)C.O=CO. The van der Waals surface area contributed by atoms with Crippen LogP contribution in [0, 0.1) is 16.7 Å². The minimum Gasteiger partial charge on any atom is -0.483 e. The fourth-order valence-corrected chi connectivity index (χ4v) is 5.10. The maximum absolute atomic E-state index is 8.36. The van der Waals surface area contributed by atoms with Crippen molar-refractivity contribution < 1.29 is 14.6 Å². The van der Waals surface area contributed by atoms with Gasteiger partial charge in [0, 0.05) is 12.0 Å². The third kappa shape index (κ3) is 3.22. The molecule has 2 aliphatic rings. The van der Waals surface area contributed by atoms with Crippen LogP contribution in [-0.4, -0.2) is 43.7 Å². The summed E-state index contributed by atoms with van der Waals surface area (Å²) in [5.41, 5.74) is 1.84. The average Bonchev–Trinajstić information content (AvgIpc) is 2.88. The van der Waals surface area contributed by atoms with Gasteiger partial charge >= 0.3 is 0 Å². The molecule has 0 amide bonds. The van der Waals surface area contributed by atoms with Crippen LogP contribution < -0.4 is 0 Å². The second-order valence-electron chi connectivity index (χ2n) is 8.44. The lowest BCUT2D eigenvalue weighted by Gasteiger charge is -2.49. The Morgan fingerprint density at radius 2 is 1.84 bits per heavy atom. The Morgan fingerprint density at radius 3 is 2.28 bits per heavy atom. The molecule has 1 aromatic rings. The van der Waals surface area contributed by atoms with Crippen molar-refractivity contribution in [3.8, 4) is 0 Å². The third-order valence-electron chi connectivity index (χ3n) is 6.99. The topological polar surface area (TPSA) is 49.8 Å². The number of rotatable bonds is 5. The first-order chi connectivity index (χ1) is 11.7. The van der Waals surface area contributed by atoms with Crippen molar-refractivity contribution in [3.63, 3.8) is 0 Å². The van der Waals surface area contributed by atoms with Crippen molar-refractivity contribution >= 4 is 6.47 Å². The van der Waals surface area contributed by atoms with Crippen LogP contribution in [0.4, 0.5) is 0 Å². The van der Waals surface area contributed by atoms with Crippen molar-refractivity contribution in [2.45, 2.75) is 45.6 Å². The molecule has 1 N–H and O–H groups in total. The fourth-order valence-electron chi connectivity index (χ4n) is 5.10. The van der Waals surface area contributed by atoms with Gasteiger partial charge in [0.25, 0.3) is 6.47 Å². The highest BCUT2D eigenvalue weighted by Crippen LogP contribution is 2.73. The summed E-state index contributed by atoms with van der Waals surface area (Å²) >= 11 is 0. The number of benzene rings is 1. The van der Waals surface area contributed by atoms with E-state index in [9.17, 15) is 0 Å². The van der Waals surface area contributed by atoms with Crippen LogP contribution >= 0.6 is 0 Å². The Kier molecular flexibility index (Phi) is 5.95. The molecule has 0 aliphatic heterocycles. The molecule has 4 nitrogen and oxygen atoms in total. The van der Waals surface area contributed by atoms with E-state index in [4.69, 9.17) is 14.6 Å². The van der Waals surface area contributed by atoms with Gasteiger partial charge in [-0.3, -0.25) is 4.79 Å². The van der Waals surface area contributed by atoms with Crippen LogP contribution in [0.3, 0.4) is 0 Å². The first kappa shape index (κ1) is 19.9. The molecule has 25 heavy (non-hydrogen) atoms. The quantitative estimate of drug-likeness (QED) is 0.818. The predicted octanol–water partition coefficient (Wildman–Crippen LogP) is 4.01. The van der Waals surface area contributed by atoms with Crippen LogP contribution in [0.5, 0.6) is 0 Å². The number of carboxylic acid groups (broad SMARTS) is 1. The predicted molar refractivity (Wildman–Crippen MR) is 101 cm³/mol. The standard InChI is InChI=1S/C20H31NO.CH2O2/c1-18(2)17-11-12-19(18,3)20(15-17,22-14-13-21(4)5)16-9-7-6-8-10-16;2-1-3/h6-10,17H,11-15H2,1-5H3;1H,(H,2,3)/t17-,19-,20+;/m1./s1. The van der Waals surface area contributed by atoms with E-state index in [1.165, 1.54) is 24.8 Å². The van der Waals surface area contributed by atoms with Gasteiger partial charge in [-0.25, -0.2) is 0 Å². The van der Waals surface area contributed by atoms with Gasteiger partial charge in [-0.2, -0.15) is 0 Å². The monoisotopic (exact) mass is 347 g/mol. The molecular formula is C21H33NO3. The number of hydrogen-bond donors (Lipinski definition) is 1. The van der Waals surface area contributed by atoms with Gasteiger partial charge in [-0.15, -0.1) is 0 Å². The zero-order valence-corrected chi connectivity index (χ0v) is 16.3. The Balaban J connectivity index is 0.000000701. The maximum atomic E-state index is 8.36. The van der Waals surface area contributed by atoms with Gasteiger partial charge in [0.2, 0.25) is 0 Å². The lowest BCUT2D eigenvalue weighted by Crippen LogP contribution is -2.47. The second-order valence-corrected chi connectivity index (χ2v) is 8.44. The summed E-state index contributed by atoms with van der Waals surface area (Å²) in [7, 11) is 4.23. The van der Waals surface area contributed by atoms with Crippen LogP contribution in [0.2, 0.25) is 0 Å². The molecule has 1 aromatic carbocycles. The molecule has 0 unspecified atom stereocenters. The molecule has 3 rings (SSSR count). The van der Waals surface area contributed by atoms with E-state index in [1.54, 1.807) is 0 Å². The van der Waals surface area contributed by atoms with Gasteiger partial charge in [0.15, 0.2) is 0 Å². The van der Waals surface area contributed by atoms with E-state index < -0.39 is 0 Å². The Labute approximate surface area is 152 Å². The molecule has 2 saturated carbocycles. The number of hydrogen-bond acceptors (Lipinski definition) is 3. The molecular weight excluding hydrogens is 314 g/mol. The van der Waals surface area contributed by atoms with Gasteiger partial charge in [-0.1, -0.05) is 51.1 Å². The van der Waals surface area contributed by atoms with Crippen molar-refractivity contribution in [2.24, 2.45) is 16.7 Å². The van der Waals surface area contributed by atoms with Crippen LogP contribution in [0.25, 0.3) is 0 Å². The Hall–Kier alpha value is -1.39. The Bertz CT molecular complexity index is 572. The number of fused-ring (bicyclic) bond motifs is 2. The average molecular weight is 347 g/mol. The van der Waals surface area contributed by atoms with Gasteiger partial charge in [0.05, 0.1) is 12.2 Å². The van der Waals surface area contributed by atoms with Crippen molar-refractivity contribution in [2.75, 3.05) is 27.2 Å². The molecule has 0 aromatic heterocycles. The highest BCUT2D eigenvalue weighted by atomic mass is 16.5. The molecule has 2 aliphatic carbocycles. The Morgan fingerprint density at radius 1 is 1.24 bits per heavy atom. The molecule has 140 valence electrons. The van der Waals surface area contributed by atoms with Gasteiger partial charge in [-0.05, 0) is 50.3 Å². The summed E-state index contributed by atoms with van der Waals surface area (Å²) in [6, 6.07) is 11.0.